The lowest BCUT2D eigenvalue weighted by Gasteiger charge is -1.84. The zero-order valence-electron chi connectivity index (χ0n) is 7.22. The first-order chi connectivity index (χ1) is 6.66. The molecule has 6 heteroatoms. The highest BCUT2D eigenvalue weighted by molar-refractivity contribution is 7.15. The van der Waals surface area contributed by atoms with Gasteiger partial charge >= 0.3 is 11.9 Å². The minimum atomic E-state index is -1.21. The second kappa shape index (κ2) is 3.22. The minimum absolute atomic E-state index is 0.250. The molecule has 0 spiro atoms. The van der Waals surface area contributed by atoms with E-state index in [1.54, 1.807) is 0 Å². The maximum atomic E-state index is 10.5. The Kier molecular flexibility index (Phi) is 2.05. The number of rotatable bonds is 2. The molecule has 0 saturated carbocycles. The highest BCUT2D eigenvalue weighted by Crippen LogP contribution is 2.26. The molecule has 2 aromatic rings. The van der Waals surface area contributed by atoms with E-state index in [-0.39, 0.29) is 11.8 Å². The molecule has 1 N–H and O–H groups in total. The van der Waals surface area contributed by atoms with Crippen molar-refractivity contribution in [3.8, 4) is 10.8 Å². The first-order valence-corrected chi connectivity index (χ1v) is 4.62. The van der Waals surface area contributed by atoms with Crippen LogP contribution in [-0.4, -0.2) is 21.3 Å². The molecule has 14 heavy (non-hydrogen) atoms. The number of aromatic carboxylic acids is 1. The second-order valence-corrected chi connectivity index (χ2v) is 3.92. The van der Waals surface area contributed by atoms with Gasteiger partial charge in [0.15, 0.2) is 0 Å². The fourth-order valence-electron chi connectivity index (χ4n) is 0.959. The lowest BCUT2D eigenvalue weighted by Crippen LogP contribution is -1.95. The van der Waals surface area contributed by atoms with Crippen LogP contribution < -0.4 is 0 Å². The summed E-state index contributed by atoms with van der Waals surface area (Å²) in [6.07, 6.45) is 0. The van der Waals surface area contributed by atoms with E-state index >= 15 is 0 Å². The van der Waals surface area contributed by atoms with Gasteiger partial charge in [-0.2, -0.15) is 0 Å². The van der Waals surface area contributed by atoms with Crippen LogP contribution in [0.25, 0.3) is 10.8 Å². The van der Waals surface area contributed by atoms with Crippen molar-refractivity contribution >= 4 is 17.3 Å². The van der Waals surface area contributed by atoms with E-state index in [2.05, 4.69) is 10.2 Å². The van der Waals surface area contributed by atoms with Crippen LogP contribution in [0.15, 0.2) is 16.5 Å². The van der Waals surface area contributed by atoms with Gasteiger partial charge < -0.3 is 9.52 Å². The predicted molar refractivity (Wildman–Crippen MR) is 49.3 cm³/mol. The Hall–Kier alpha value is -1.69. The summed E-state index contributed by atoms with van der Waals surface area (Å²) < 4.78 is 4.93. The summed E-state index contributed by atoms with van der Waals surface area (Å²) in [5, 5.41) is 15.6. The number of nitrogens with zero attached hydrogens (tertiary/aromatic N) is 2. The summed E-state index contributed by atoms with van der Waals surface area (Å²) in [6.45, 7) is 1.95. The lowest BCUT2D eigenvalue weighted by atomic mass is 10.4. The number of aromatic nitrogens is 2. The number of carbonyl (C=O) groups is 1. The Morgan fingerprint density at radius 3 is 2.79 bits per heavy atom. The summed E-state index contributed by atoms with van der Waals surface area (Å²) in [6, 6.07) is 3.73. The molecule has 72 valence electrons. The summed E-state index contributed by atoms with van der Waals surface area (Å²) in [7, 11) is 0. The van der Waals surface area contributed by atoms with E-state index in [1.165, 1.54) is 11.3 Å². The average Bonchev–Trinajstić information content (AvgIpc) is 2.70. The van der Waals surface area contributed by atoms with Gasteiger partial charge in [-0.05, 0) is 19.1 Å². The first kappa shape index (κ1) is 8.89. The molecule has 2 rings (SSSR count). The van der Waals surface area contributed by atoms with Crippen LogP contribution in [0.1, 0.15) is 15.6 Å². The Morgan fingerprint density at radius 2 is 2.29 bits per heavy atom. The van der Waals surface area contributed by atoms with Crippen LogP contribution in [0, 0.1) is 6.92 Å². The molecule has 0 bridgehead atoms. The zero-order chi connectivity index (χ0) is 10.1. The average molecular weight is 210 g/mol. The molecule has 0 aliphatic heterocycles. The Labute approximate surface area is 83.0 Å². The number of hydrogen-bond donors (Lipinski definition) is 1. The third-order valence-electron chi connectivity index (χ3n) is 1.56. The Balaban J connectivity index is 2.38. The van der Waals surface area contributed by atoms with Gasteiger partial charge in [0.1, 0.15) is 0 Å². The number of carboxylic acids is 1. The van der Waals surface area contributed by atoms with Crippen molar-refractivity contribution in [2.24, 2.45) is 0 Å². The van der Waals surface area contributed by atoms with Gasteiger partial charge in [0.25, 0.3) is 5.89 Å². The SMILES string of the molecule is Cc1ccc(-c2nnc(C(=O)O)o2)s1. The molecular weight excluding hydrogens is 204 g/mol. The van der Waals surface area contributed by atoms with Crippen LogP contribution in [0.4, 0.5) is 0 Å². The molecule has 0 aromatic carbocycles. The van der Waals surface area contributed by atoms with Crippen LogP contribution in [0.2, 0.25) is 0 Å². The Bertz CT molecular complexity index is 474. The van der Waals surface area contributed by atoms with Crippen LogP contribution >= 0.6 is 11.3 Å². The topological polar surface area (TPSA) is 76.2 Å². The van der Waals surface area contributed by atoms with Crippen molar-refractivity contribution in [1.29, 1.82) is 0 Å². The van der Waals surface area contributed by atoms with Gasteiger partial charge in [-0.1, -0.05) is 0 Å². The number of carboxylic acid groups (broad SMARTS) is 1. The lowest BCUT2D eigenvalue weighted by molar-refractivity contribution is 0.0654. The summed E-state index contributed by atoms with van der Waals surface area (Å²) in [5.41, 5.74) is 0. The largest absolute Gasteiger partial charge is 0.474 e. The van der Waals surface area contributed by atoms with Crippen molar-refractivity contribution in [3.63, 3.8) is 0 Å². The monoisotopic (exact) mass is 210 g/mol. The van der Waals surface area contributed by atoms with Gasteiger partial charge in [0, 0.05) is 4.88 Å². The molecule has 0 fully saturated rings. The smallest absolute Gasteiger partial charge is 0.393 e. The van der Waals surface area contributed by atoms with Gasteiger partial charge in [-0.3, -0.25) is 0 Å². The van der Waals surface area contributed by atoms with E-state index in [1.807, 2.05) is 19.1 Å². The highest BCUT2D eigenvalue weighted by Gasteiger charge is 2.14. The van der Waals surface area contributed by atoms with Gasteiger partial charge in [-0.15, -0.1) is 21.5 Å². The Morgan fingerprint density at radius 1 is 1.50 bits per heavy atom. The number of thiophene rings is 1. The van der Waals surface area contributed by atoms with Crippen molar-refractivity contribution in [1.82, 2.24) is 10.2 Å². The molecule has 2 heterocycles. The maximum absolute atomic E-state index is 10.5. The van der Waals surface area contributed by atoms with Crippen molar-refractivity contribution < 1.29 is 14.3 Å². The van der Waals surface area contributed by atoms with E-state index in [0.717, 1.165) is 9.75 Å². The quantitative estimate of drug-likeness (QED) is 0.817. The molecule has 0 atom stereocenters. The summed E-state index contributed by atoms with van der Waals surface area (Å²) in [4.78, 5) is 12.3. The van der Waals surface area contributed by atoms with Crippen LogP contribution in [0.3, 0.4) is 0 Å². The van der Waals surface area contributed by atoms with Crippen molar-refractivity contribution in [3.05, 3.63) is 22.9 Å². The predicted octanol–water partition coefficient (Wildman–Crippen LogP) is 1.80. The second-order valence-electron chi connectivity index (χ2n) is 2.63. The van der Waals surface area contributed by atoms with Crippen LogP contribution in [0.5, 0.6) is 0 Å². The van der Waals surface area contributed by atoms with Crippen molar-refractivity contribution in [2.45, 2.75) is 6.92 Å². The van der Waals surface area contributed by atoms with Crippen LogP contribution in [-0.2, 0) is 0 Å². The summed E-state index contributed by atoms with van der Waals surface area (Å²) in [5.74, 6) is -1.34. The standard InChI is InChI=1S/C8H6N2O3S/c1-4-2-3-5(14-4)6-9-10-7(13-6)8(11)12/h2-3H,1H3,(H,11,12). The zero-order valence-corrected chi connectivity index (χ0v) is 8.04. The fraction of sp³-hybridized carbons (Fsp3) is 0.125. The van der Waals surface area contributed by atoms with E-state index in [4.69, 9.17) is 9.52 Å². The van der Waals surface area contributed by atoms with Gasteiger partial charge in [0.05, 0.1) is 4.88 Å². The van der Waals surface area contributed by atoms with Crippen molar-refractivity contribution in [2.75, 3.05) is 0 Å². The molecule has 0 saturated heterocycles. The van der Waals surface area contributed by atoms with E-state index in [0.29, 0.717) is 0 Å². The van der Waals surface area contributed by atoms with Gasteiger partial charge in [0.2, 0.25) is 0 Å². The molecule has 0 aliphatic carbocycles. The highest BCUT2D eigenvalue weighted by atomic mass is 32.1. The number of aryl methyl sites for hydroxylation is 1. The third-order valence-corrected chi connectivity index (χ3v) is 2.55. The van der Waals surface area contributed by atoms with E-state index < -0.39 is 5.97 Å². The molecule has 0 radical (unpaired) electrons. The molecular formula is C8H6N2O3S. The molecule has 0 unspecified atom stereocenters. The summed E-state index contributed by atoms with van der Waals surface area (Å²) >= 11 is 1.48. The molecule has 0 aliphatic rings. The number of hydrogen-bond acceptors (Lipinski definition) is 5. The molecule has 2 aromatic heterocycles. The normalized spacial score (nSPS) is 10.4. The fourth-order valence-corrected chi connectivity index (χ4v) is 1.75. The maximum Gasteiger partial charge on any atom is 0.393 e. The van der Waals surface area contributed by atoms with E-state index in [9.17, 15) is 4.79 Å². The third kappa shape index (κ3) is 1.51. The molecule has 5 nitrogen and oxygen atoms in total. The minimum Gasteiger partial charge on any atom is -0.474 e. The van der Waals surface area contributed by atoms with Gasteiger partial charge in [-0.25, -0.2) is 4.79 Å². The first-order valence-electron chi connectivity index (χ1n) is 3.80. The molecule has 0 amide bonds.